The van der Waals surface area contributed by atoms with Crippen LogP contribution in [0.1, 0.15) is 10.4 Å². The molecule has 2 amide bonds. The molecule has 0 radical (unpaired) electrons. The first-order valence-corrected chi connectivity index (χ1v) is 8.27. The van der Waals surface area contributed by atoms with E-state index in [9.17, 15) is 9.59 Å². The van der Waals surface area contributed by atoms with E-state index in [1.54, 1.807) is 17.4 Å². The third-order valence-corrected chi connectivity index (χ3v) is 4.16. The number of halogens is 1. The molecule has 2 aromatic rings. The highest BCUT2D eigenvalue weighted by Crippen LogP contribution is 2.19. The molecule has 1 aromatic heterocycles. The fraction of sp³-hybridized carbons (Fsp3) is 0.125. The van der Waals surface area contributed by atoms with Crippen molar-refractivity contribution in [2.24, 2.45) is 0 Å². The van der Waals surface area contributed by atoms with Gasteiger partial charge in [-0.25, -0.2) is 0 Å². The largest absolute Gasteiger partial charge is 0.343 e. The van der Waals surface area contributed by atoms with Crippen LogP contribution < -0.4 is 10.6 Å². The summed E-state index contributed by atoms with van der Waals surface area (Å²) in [4.78, 5) is 24.4. The molecule has 0 aliphatic rings. The number of benzene rings is 1. The fourth-order valence-electron chi connectivity index (χ4n) is 1.73. The van der Waals surface area contributed by atoms with E-state index in [0.717, 1.165) is 20.6 Å². The molecule has 1 aromatic carbocycles. The molecule has 4 nitrogen and oxygen atoms in total. The van der Waals surface area contributed by atoms with E-state index in [1.807, 2.05) is 42.6 Å². The summed E-state index contributed by atoms with van der Waals surface area (Å²) in [5.74, 6) is -0.556. The number of carbonyl (C=O) groups excluding carboxylic acids is 2. The number of rotatable bonds is 5. The maximum Gasteiger partial charge on any atom is 0.244 e. The summed E-state index contributed by atoms with van der Waals surface area (Å²) in [6.45, 7) is 1.84. The molecule has 2 N–H and O–H groups in total. The second-order valence-electron chi connectivity index (χ2n) is 4.57. The summed E-state index contributed by atoms with van der Waals surface area (Å²) in [6, 6.07) is 9.41. The minimum atomic E-state index is -0.295. The fourth-order valence-corrected chi connectivity index (χ4v) is 2.83. The zero-order valence-electron chi connectivity index (χ0n) is 11.9. The Morgan fingerprint density at radius 3 is 2.82 bits per heavy atom. The van der Waals surface area contributed by atoms with Crippen molar-refractivity contribution >= 4 is 50.8 Å². The van der Waals surface area contributed by atoms with Crippen LogP contribution in [0, 0.1) is 6.92 Å². The molecule has 0 atom stereocenters. The molecule has 6 heteroatoms. The van der Waals surface area contributed by atoms with E-state index in [4.69, 9.17) is 0 Å². The van der Waals surface area contributed by atoms with Crippen LogP contribution in [0.3, 0.4) is 0 Å². The zero-order valence-corrected chi connectivity index (χ0v) is 14.3. The zero-order chi connectivity index (χ0) is 15.9. The smallest absolute Gasteiger partial charge is 0.244 e. The minimum absolute atomic E-state index is 0.0664. The van der Waals surface area contributed by atoms with Crippen LogP contribution in [0.5, 0.6) is 0 Å². The Balaban J connectivity index is 1.81. The Hall–Kier alpha value is -1.92. The van der Waals surface area contributed by atoms with Gasteiger partial charge in [-0.3, -0.25) is 9.59 Å². The van der Waals surface area contributed by atoms with Crippen LogP contribution in [0.25, 0.3) is 6.08 Å². The van der Waals surface area contributed by atoms with E-state index in [-0.39, 0.29) is 18.4 Å². The molecule has 0 saturated carbocycles. The molecule has 0 aliphatic heterocycles. The van der Waals surface area contributed by atoms with Gasteiger partial charge < -0.3 is 10.6 Å². The molecule has 0 saturated heterocycles. The maximum atomic E-state index is 11.8. The third-order valence-electron chi connectivity index (χ3n) is 2.83. The lowest BCUT2D eigenvalue weighted by molar-refractivity contribution is -0.121. The lowest BCUT2D eigenvalue weighted by Gasteiger charge is -2.09. The molecular formula is C16H15BrN2O2S. The van der Waals surface area contributed by atoms with E-state index in [1.165, 1.54) is 6.08 Å². The number of amides is 2. The minimum Gasteiger partial charge on any atom is -0.343 e. The molecule has 0 fully saturated rings. The van der Waals surface area contributed by atoms with Crippen molar-refractivity contribution in [1.82, 2.24) is 5.32 Å². The number of carbonyl (C=O) groups is 2. The number of anilines is 1. The highest BCUT2D eigenvalue weighted by molar-refractivity contribution is 9.10. The predicted molar refractivity (Wildman–Crippen MR) is 93.9 cm³/mol. The molecule has 2 rings (SSSR count). The first-order valence-electron chi connectivity index (χ1n) is 6.60. The summed E-state index contributed by atoms with van der Waals surface area (Å²) in [5.41, 5.74) is 1.68. The van der Waals surface area contributed by atoms with Gasteiger partial charge in [-0.2, -0.15) is 0 Å². The second-order valence-corrected chi connectivity index (χ2v) is 6.47. The van der Waals surface area contributed by atoms with E-state index >= 15 is 0 Å². The molecule has 0 spiro atoms. The average Bonchev–Trinajstić information content (AvgIpc) is 2.99. The molecule has 22 heavy (non-hydrogen) atoms. The standard InChI is InChI=1S/C16H15BrN2O2S/c1-11-9-12(17)4-6-14(11)19-16(21)10-18-15(20)7-5-13-3-2-8-22-13/h2-9H,10H2,1H3,(H,18,20)(H,19,21)/b7-5+. The van der Waals surface area contributed by atoms with Gasteiger partial charge in [0.05, 0.1) is 6.54 Å². The van der Waals surface area contributed by atoms with E-state index in [0.29, 0.717) is 0 Å². The van der Waals surface area contributed by atoms with Crippen molar-refractivity contribution in [3.05, 3.63) is 56.7 Å². The maximum absolute atomic E-state index is 11.8. The Kier molecular flexibility index (Phi) is 5.91. The lowest BCUT2D eigenvalue weighted by atomic mass is 10.2. The van der Waals surface area contributed by atoms with Crippen LogP contribution in [0.4, 0.5) is 5.69 Å². The van der Waals surface area contributed by atoms with E-state index in [2.05, 4.69) is 26.6 Å². The Labute approximate surface area is 141 Å². The molecule has 1 heterocycles. The Morgan fingerprint density at radius 2 is 2.14 bits per heavy atom. The van der Waals surface area contributed by atoms with Crippen molar-refractivity contribution in [3.8, 4) is 0 Å². The van der Waals surface area contributed by atoms with Gasteiger partial charge in [-0.1, -0.05) is 22.0 Å². The highest BCUT2D eigenvalue weighted by atomic mass is 79.9. The van der Waals surface area contributed by atoms with Gasteiger partial charge in [0.15, 0.2) is 0 Å². The van der Waals surface area contributed by atoms with Crippen molar-refractivity contribution in [1.29, 1.82) is 0 Å². The van der Waals surface area contributed by atoms with Crippen LogP contribution in [0.2, 0.25) is 0 Å². The number of aryl methyl sites for hydroxylation is 1. The van der Waals surface area contributed by atoms with Crippen molar-refractivity contribution in [2.75, 3.05) is 11.9 Å². The van der Waals surface area contributed by atoms with Crippen LogP contribution in [0.15, 0.2) is 46.3 Å². The van der Waals surface area contributed by atoms with Gasteiger partial charge in [-0.15, -0.1) is 11.3 Å². The normalized spacial score (nSPS) is 10.6. The molecule has 114 valence electrons. The summed E-state index contributed by atoms with van der Waals surface area (Å²) in [7, 11) is 0. The SMILES string of the molecule is Cc1cc(Br)ccc1NC(=O)CNC(=O)/C=C/c1cccs1. The third kappa shape index (κ3) is 5.13. The monoisotopic (exact) mass is 378 g/mol. The van der Waals surface area contributed by atoms with Crippen LogP contribution in [-0.2, 0) is 9.59 Å². The first kappa shape index (κ1) is 16.5. The van der Waals surface area contributed by atoms with Crippen LogP contribution >= 0.6 is 27.3 Å². The summed E-state index contributed by atoms with van der Waals surface area (Å²) >= 11 is 4.91. The van der Waals surface area contributed by atoms with Gasteiger partial charge in [0.2, 0.25) is 11.8 Å². The predicted octanol–water partition coefficient (Wildman–Crippen LogP) is 3.59. The molecular weight excluding hydrogens is 364 g/mol. The number of nitrogens with one attached hydrogen (secondary N) is 2. The van der Waals surface area contributed by atoms with Crippen molar-refractivity contribution < 1.29 is 9.59 Å². The van der Waals surface area contributed by atoms with Gasteiger partial charge in [0, 0.05) is 21.1 Å². The van der Waals surface area contributed by atoms with Gasteiger partial charge in [0.25, 0.3) is 0 Å². The number of thiophene rings is 1. The summed E-state index contributed by atoms with van der Waals surface area (Å²) in [6.07, 6.45) is 3.14. The van der Waals surface area contributed by atoms with Gasteiger partial charge in [0.1, 0.15) is 0 Å². The molecule has 0 unspecified atom stereocenters. The van der Waals surface area contributed by atoms with Gasteiger partial charge >= 0.3 is 0 Å². The summed E-state index contributed by atoms with van der Waals surface area (Å²) < 4.78 is 0.954. The highest BCUT2D eigenvalue weighted by Gasteiger charge is 2.06. The quantitative estimate of drug-likeness (QED) is 0.781. The molecule has 0 aliphatic carbocycles. The van der Waals surface area contributed by atoms with Crippen LogP contribution in [-0.4, -0.2) is 18.4 Å². The Bertz CT molecular complexity index is 696. The number of hydrogen-bond acceptors (Lipinski definition) is 3. The lowest BCUT2D eigenvalue weighted by Crippen LogP contribution is -2.31. The summed E-state index contributed by atoms with van der Waals surface area (Å²) in [5, 5.41) is 7.26. The molecule has 0 bridgehead atoms. The van der Waals surface area contributed by atoms with Crippen molar-refractivity contribution in [3.63, 3.8) is 0 Å². The van der Waals surface area contributed by atoms with Gasteiger partial charge in [-0.05, 0) is 48.2 Å². The van der Waals surface area contributed by atoms with Crippen molar-refractivity contribution in [2.45, 2.75) is 6.92 Å². The van der Waals surface area contributed by atoms with E-state index < -0.39 is 0 Å². The number of hydrogen-bond donors (Lipinski definition) is 2. The Morgan fingerprint density at radius 1 is 1.32 bits per heavy atom. The topological polar surface area (TPSA) is 58.2 Å². The second kappa shape index (κ2) is 7.91. The average molecular weight is 379 g/mol. The first-order chi connectivity index (χ1) is 10.5.